The zero-order valence-corrected chi connectivity index (χ0v) is 15.3. The molecule has 1 aromatic heterocycles. The van der Waals surface area contributed by atoms with E-state index < -0.39 is 0 Å². The lowest BCUT2D eigenvalue weighted by molar-refractivity contribution is 0.506. The van der Waals surface area contributed by atoms with Crippen LogP contribution in [0.4, 0.5) is 11.7 Å². The minimum Gasteiger partial charge on any atom is -0.408 e. The Morgan fingerprint density at radius 1 is 0.920 bits per heavy atom. The summed E-state index contributed by atoms with van der Waals surface area (Å²) < 4.78 is 5.79. The lowest BCUT2D eigenvalue weighted by Gasteiger charge is -2.11. The van der Waals surface area contributed by atoms with Gasteiger partial charge in [-0.1, -0.05) is 61.4 Å². The van der Waals surface area contributed by atoms with Gasteiger partial charge in [0.25, 0.3) is 0 Å². The summed E-state index contributed by atoms with van der Waals surface area (Å²) in [4.78, 5) is 0. The largest absolute Gasteiger partial charge is 0.408 e. The van der Waals surface area contributed by atoms with Crippen molar-refractivity contribution in [1.82, 2.24) is 10.2 Å². The average molecular weight is 335 g/mol. The lowest BCUT2D eigenvalue weighted by Crippen LogP contribution is -1.99. The first-order valence-corrected chi connectivity index (χ1v) is 8.78. The molecule has 1 heterocycles. The molecule has 0 unspecified atom stereocenters. The van der Waals surface area contributed by atoms with Gasteiger partial charge in [-0.05, 0) is 48.4 Å². The third-order valence-corrected chi connectivity index (χ3v) is 4.47. The Kier molecular flexibility index (Phi) is 5.17. The molecule has 3 rings (SSSR count). The smallest absolute Gasteiger partial charge is 0.320 e. The summed E-state index contributed by atoms with van der Waals surface area (Å²) >= 11 is 0. The van der Waals surface area contributed by atoms with Gasteiger partial charge < -0.3 is 9.73 Å². The number of aromatic nitrogens is 2. The topological polar surface area (TPSA) is 51.0 Å². The third kappa shape index (κ3) is 4.08. The van der Waals surface area contributed by atoms with E-state index in [1.165, 1.54) is 11.1 Å². The van der Waals surface area contributed by atoms with Gasteiger partial charge in [-0.3, -0.25) is 0 Å². The highest BCUT2D eigenvalue weighted by atomic mass is 16.4. The van der Waals surface area contributed by atoms with Crippen LogP contribution >= 0.6 is 0 Å². The summed E-state index contributed by atoms with van der Waals surface area (Å²) in [6.45, 7) is 8.57. The van der Waals surface area contributed by atoms with Crippen molar-refractivity contribution in [2.24, 2.45) is 0 Å². The van der Waals surface area contributed by atoms with Gasteiger partial charge >= 0.3 is 6.01 Å². The lowest BCUT2D eigenvalue weighted by atomic mass is 9.94. The zero-order chi connectivity index (χ0) is 17.8. The fourth-order valence-electron chi connectivity index (χ4n) is 3.09. The Hall–Kier alpha value is -2.62. The Balaban J connectivity index is 1.69. The fraction of sp³-hybridized carbons (Fsp3) is 0.333. The monoisotopic (exact) mass is 335 g/mol. The average Bonchev–Trinajstić information content (AvgIpc) is 3.04. The molecule has 0 aliphatic carbocycles. The van der Waals surface area contributed by atoms with Crippen LogP contribution in [0.2, 0.25) is 0 Å². The molecule has 0 atom stereocenters. The molecule has 25 heavy (non-hydrogen) atoms. The Bertz CT molecular complexity index is 832. The summed E-state index contributed by atoms with van der Waals surface area (Å²) in [6.07, 6.45) is 1.64. The van der Waals surface area contributed by atoms with Crippen molar-refractivity contribution < 1.29 is 4.42 Å². The van der Waals surface area contributed by atoms with E-state index >= 15 is 0 Å². The zero-order valence-electron chi connectivity index (χ0n) is 15.3. The van der Waals surface area contributed by atoms with Crippen LogP contribution in [-0.2, 0) is 12.8 Å². The Labute approximate surface area is 149 Å². The van der Waals surface area contributed by atoms with Crippen molar-refractivity contribution in [3.63, 3.8) is 0 Å². The van der Waals surface area contributed by atoms with Crippen LogP contribution in [-0.4, -0.2) is 10.2 Å². The van der Waals surface area contributed by atoms with E-state index in [1.807, 2.05) is 6.07 Å². The van der Waals surface area contributed by atoms with Crippen molar-refractivity contribution in [3.05, 3.63) is 70.6 Å². The van der Waals surface area contributed by atoms with Crippen LogP contribution in [0.1, 0.15) is 47.9 Å². The third-order valence-electron chi connectivity index (χ3n) is 4.47. The highest BCUT2D eigenvalue weighted by molar-refractivity contribution is 5.61. The fourth-order valence-corrected chi connectivity index (χ4v) is 3.09. The first-order chi connectivity index (χ1) is 12.0. The number of nitrogens with one attached hydrogen (secondary N) is 1. The van der Waals surface area contributed by atoms with E-state index in [0.29, 0.717) is 17.8 Å². The second kappa shape index (κ2) is 7.51. The molecule has 0 amide bonds. The molecule has 130 valence electrons. The molecule has 0 bridgehead atoms. The molecular weight excluding hydrogens is 310 g/mol. The Morgan fingerprint density at radius 3 is 2.36 bits per heavy atom. The predicted octanol–water partition coefficient (Wildman–Crippen LogP) is 5.34. The second-order valence-corrected chi connectivity index (χ2v) is 6.75. The first kappa shape index (κ1) is 17.2. The van der Waals surface area contributed by atoms with E-state index in [2.05, 4.69) is 79.6 Å². The first-order valence-electron chi connectivity index (χ1n) is 8.78. The number of hydrogen-bond acceptors (Lipinski definition) is 4. The molecule has 0 fully saturated rings. The standard InChI is InChI=1S/C21H25N3O/c1-14(2)18-11-6-5-10-17(18)12-13-19-23-24-21(25-19)22-20-15(3)8-7-9-16(20)4/h5-11,14H,12-13H2,1-4H3,(H,22,24). The van der Waals surface area contributed by atoms with Gasteiger partial charge in [0.15, 0.2) is 0 Å². The predicted molar refractivity (Wildman–Crippen MR) is 101 cm³/mol. The minimum atomic E-state index is 0.449. The van der Waals surface area contributed by atoms with Gasteiger partial charge in [0, 0.05) is 12.1 Å². The maximum Gasteiger partial charge on any atom is 0.320 e. The SMILES string of the molecule is Cc1cccc(C)c1Nc1nnc(CCc2ccccc2C(C)C)o1. The Morgan fingerprint density at radius 2 is 1.64 bits per heavy atom. The summed E-state index contributed by atoms with van der Waals surface area (Å²) in [5.74, 6) is 1.17. The van der Waals surface area contributed by atoms with Gasteiger partial charge in [-0.25, -0.2) is 0 Å². The van der Waals surface area contributed by atoms with Crippen molar-refractivity contribution in [3.8, 4) is 0 Å². The number of hydrogen-bond donors (Lipinski definition) is 1. The number of anilines is 2. The molecule has 3 aromatic rings. The summed E-state index contributed by atoms with van der Waals surface area (Å²) in [5, 5.41) is 11.6. The van der Waals surface area contributed by atoms with Crippen molar-refractivity contribution in [2.45, 2.75) is 46.5 Å². The normalized spacial score (nSPS) is 11.1. The number of nitrogens with zero attached hydrogens (tertiary/aromatic N) is 2. The van der Waals surface area contributed by atoms with Crippen molar-refractivity contribution in [2.75, 3.05) is 5.32 Å². The number of rotatable bonds is 6. The van der Waals surface area contributed by atoms with Crippen molar-refractivity contribution in [1.29, 1.82) is 0 Å². The van der Waals surface area contributed by atoms with Crippen LogP contribution in [0.25, 0.3) is 0 Å². The van der Waals surface area contributed by atoms with Gasteiger partial charge in [0.1, 0.15) is 0 Å². The van der Waals surface area contributed by atoms with Crippen LogP contribution in [0.5, 0.6) is 0 Å². The van der Waals surface area contributed by atoms with E-state index in [9.17, 15) is 0 Å². The summed E-state index contributed by atoms with van der Waals surface area (Å²) in [5.41, 5.74) is 6.08. The number of para-hydroxylation sites is 1. The van der Waals surface area contributed by atoms with Crippen LogP contribution in [0.15, 0.2) is 46.9 Å². The van der Waals surface area contributed by atoms with Crippen LogP contribution < -0.4 is 5.32 Å². The molecule has 0 spiro atoms. The van der Waals surface area contributed by atoms with Gasteiger partial charge in [-0.15, -0.1) is 5.10 Å². The molecule has 2 aromatic carbocycles. The maximum absolute atomic E-state index is 5.79. The molecular formula is C21H25N3O. The molecule has 4 heteroatoms. The molecule has 0 saturated carbocycles. The highest BCUT2D eigenvalue weighted by Gasteiger charge is 2.11. The van der Waals surface area contributed by atoms with E-state index in [1.54, 1.807) is 0 Å². The molecule has 1 N–H and O–H groups in total. The van der Waals surface area contributed by atoms with E-state index in [-0.39, 0.29) is 0 Å². The van der Waals surface area contributed by atoms with E-state index in [4.69, 9.17) is 4.42 Å². The quantitative estimate of drug-likeness (QED) is 0.660. The molecule has 0 aliphatic rings. The maximum atomic E-state index is 5.79. The second-order valence-electron chi connectivity index (χ2n) is 6.75. The van der Waals surface area contributed by atoms with Gasteiger partial charge in [0.05, 0.1) is 0 Å². The van der Waals surface area contributed by atoms with Crippen molar-refractivity contribution >= 4 is 11.7 Å². The van der Waals surface area contributed by atoms with Gasteiger partial charge in [0.2, 0.25) is 5.89 Å². The minimum absolute atomic E-state index is 0.449. The molecule has 0 saturated heterocycles. The van der Waals surface area contributed by atoms with Gasteiger partial charge in [-0.2, -0.15) is 0 Å². The van der Waals surface area contributed by atoms with Crippen LogP contribution in [0.3, 0.4) is 0 Å². The summed E-state index contributed by atoms with van der Waals surface area (Å²) in [7, 11) is 0. The van der Waals surface area contributed by atoms with E-state index in [0.717, 1.165) is 29.7 Å². The molecule has 0 radical (unpaired) electrons. The van der Waals surface area contributed by atoms with Crippen LogP contribution in [0, 0.1) is 13.8 Å². The number of aryl methyl sites for hydroxylation is 4. The molecule has 4 nitrogen and oxygen atoms in total. The molecule has 0 aliphatic heterocycles. The number of benzene rings is 2. The summed E-state index contributed by atoms with van der Waals surface area (Å²) in [6, 6.07) is 15.2. The highest BCUT2D eigenvalue weighted by Crippen LogP contribution is 2.24.